The van der Waals surface area contributed by atoms with Gasteiger partial charge in [-0.15, -0.1) is 0 Å². The molecule has 0 amide bonds. The minimum atomic E-state index is 0.564. The molecule has 5 heteroatoms. The monoisotopic (exact) mass is 314 g/mol. The number of hydrogen-bond acceptors (Lipinski definition) is 5. The fourth-order valence-corrected chi connectivity index (χ4v) is 2.29. The summed E-state index contributed by atoms with van der Waals surface area (Å²) in [5, 5.41) is 4.28. The van der Waals surface area contributed by atoms with Crippen LogP contribution in [0.25, 0.3) is 0 Å². The molecular weight excluding hydrogens is 292 g/mol. The zero-order chi connectivity index (χ0) is 16.8. The molecule has 0 heterocycles. The number of anilines is 1. The van der Waals surface area contributed by atoms with Gasteiger partial charge in [-0.3, -0.25) is 5.43 Å². The third-order valence-electron chi connectivity index (χ3n) is 3.47. The third kappa shape index (κ3) is 3.94. The number of aryl methyl sites for hydroxylation is 2. The Morgan fingerprint density at radius 3 is 2.09 bits per heavy atom. The van der Waals surface area contributed by atoms with Gasteiger partial charge in [0.25, 0.3) is 0 Å². The Balaban J connectivity index is 2.22. The lowest BCUT2D eigenvalue weighted by Crippen LogP contribution is -1.98. The molecule has 1 N–H and O–H groups in total. The van der Waals surface area contributed by atoms with Gasteiger partial charge in [0.2, 0.25) is 5.75 Å². The highest BCUT2D eigenvalue weighted by Crippen LogP contribution is 2.37. The zero-order valence-corrected chi connectivity index (χ0v) is 14.1. The molecule has 0 saturated heterocycles. The van der Waals surface area contributed by atoms with Gasteiger partial charge in [-0.2, -0.15) is 5.10 Å². The maximum atomic E-state index is 5.33. The Labute approximate surface area is 136 Å². The van der Waals surface area contributed by atoms with Gasteiger partial charge in [0.15, 0.2) is 11.5 Å². The summed E-state index contributed by atoms with van der Waals surface area (Å²) in [6.45, 7) is 4.11. The first kappa shape index (κ1) is 16.7. The molecule has 0 atom stereocenters. The molecule has 0 spiro atoms. The molecule has 0 saturated carbocycles. The molecule has 0 aromatic heterocycles. The molecule has 23 heavy (non-hydrogen) atoms. The number of nitrogens with one attached hydrogen (secondary N) is 1. The van der Waals surface area contributed by atoms with Crippen molar-refractivity contribution in [3.8, 4) is 17.2 Å². The van der Waals surface area contributed by atoms with E-state index in [0.717, 1.165) is 16.8 Å². The molecule has 122 valence electrons. The molecule has 2 aromatic carbocycles. The molecule has 0 fully saturated rings. The van der Waals surface area contributed by atoms with Gasteiger partial charge in [-0.1, -0.05) is 17.7 Å². The third-order valence-corrected chi connectivity index (χ3v) is 3.47. The normalized spacial score (nSPS) is 10.7. The topological polar surface area (TPSA) is 52.1 Å². The Hall–Kier alpha value is -2.69. The van der Waals surface area contributed by atoms with E-state index in [0.29, 0.717) is 17.2 Å². The summed E-state index contributed by atoms with van der Waals surface area (Å²) in [6, 6.07) is 9.85. The van der Waals surface area contributed by atoms with Crippen LogP contribution in [0.5, 0.6) is 17.2 Å². The number of methoxy groups -OCH3 is 3. The highest BCUT2D eigenvalue weighted by atomic mass is 16.5. The molecule has 2 rings (SSSR count). The first-order chi connectivity index (χ1) is 11.1. The Morgan fingerprint density at radius 1 is 0.913 bits per heavy atom. The van der Waals surface area contributed by atoms with Crippen molar-refractivity contribution in [1.29, 1.82) is 0 Å². The minimum absolute atomic E-state index is 0.564. The largest absolute Gasteiger partial charge is 0.493 e. The van der Waals surface area contributed by atoms with Crippen LogP contribution >= 0.6 is 0 Å². The van der Waals surface area contributed by atoms with Crippen LogP contribution in [0.2, 0.25) is 0 Å². The summed E-state index contributed by atoms with van der Waals surface area (Å²) < 4.78 is 16.0. The van der Waals surface area contributed by atoms with Gasteiger partial charge in [-0.25, -0.2) is 0 Å². The first-order valence-electron chi connectivity index (χ1n) is 7.25. The van der Waals surface area contributed by atoms with Crippen molar-refractivity contribution in [2.24, 2.45) is 5.10 Å². The molecule has 2 aromatic rings. The summed E-state index contributed by atoms with van der Waals surface area (Å²) >= 11 is 0. The van der Waals surface area contributed by atoms with Crippen molar-refractivity contribution in [3.63, 3.8) is 0 Å². The van der Waals surface area contributed by atoms with Crippen molar-refractivity contribution in [2.75, 3.05) is 26.8 Å². The second-order valence-corrected chi connectivity index (χ2v) is 5.15. The lowest BCUT2D eigenvalue weighted by atomic mass is 10.1. The molecule has 0 unspecified atom stereocenters. The van der Waals surface area contributed by atoms with E-state index in [4.69, 9.17) is 14.2 Å². The van der Waals surface area contributed by atoms with Gasteiger partial charge >= 0.3 is 0 Å². The molecule has 0 bridgehead atoms. The predicted molar refractivity (Wildman–Crippen MR) is 93.2 cm³/mol. The zero-order valence-electron chi connectivity index (χ0n) is 14.1. The summed E-state index contributed by atoms with van der Waals surface area (Å²) in [5.74, 6) is 1.76. The summed E-state index contributed by atoms with van der Waals surface area (Å²) in [6.07, 6.45) is 1.71. The van der Waals surface area contributed by atoms with Crippen LogP contribution in [-0.2, 0) is 0 Å². The number of benzene rings is 2. The quantitative estimate of drug-likeness (QED) is 0.651. The van der Waals surface area contributed by atoms with Gasteiger partial charge in [0.1, 0.15) is 0 Å². The summed E-state index contributed by atoms with van der Waals surface area (Å²) in [7, 11) is 4.76. The van der Waals surface area contributed by atoms with Crippen LogP contribution in [0, 0.1) is 13.8 Å². The van der Waals surface area contributed by atoms with Crippen LogP contribution in [0.1, 0.15) is 16.7 Å². The number of nitrogens with zero attached hydrogens (tertiary/aromatic N) is 1. The van der Waals surface area contributed by atoms with E-state index in [1.54, 1.807) is 27.5 Å². The summed E-state index contributed by atoms with van der Waals surface area (Å²) in [4.78, 5) is 0. The Morgan fingerprint density at radius 2 is 1.57 bits per heavy atom. The fourth-order valence-electron chi connectivity index (χ4n) is 2.29. The lowest BCUT2D eigenvalue weighted by molar-refractivity contribution is 0.324. The van der Waals surface area contributed by atoms with Gasteiger partial charge in [0, 0.05) is 5.56 Å². The minimum Gasteiger partial charge on any atom is -0.493 e. The Kier molecular flexibility index (Phi) is 5.46. The SMILES string of the molecule is COc1cc(/C=N\Nc2ccc(C)cc2C)cc(OC)c1OC. The van der Waals surface area contributed by atoms with Gasteiger partial charge in [0.05, 0.1) is 33.2 Å². The fraction of sp³-hybridized carbons (Fsp3) is 0.278. The van der Waals surface area contributed by atoms with E-state index in [1.807, 2.05) is 31.2 Å². The van der Waals surface area contributed by atoms with E-state index in [-0.39, 0.29) is 0 Å². The molecule has 0 aliphatic rings. The lowest BCUT2D eigenvalue weighted by Gasteiger charge is -2.12. The summed E-state index contributed by atoms with van der Waals surface area (Å²) in [5.41, 5.74) is 7.23. The second kappa shape index (κ2) is 7.54. The van der Waals surface area contributed by atoms with E-state index >= 15 is 0 Å². The predicted octanol–water partition coefficient (Wildman–Crippen LogP) is 3.78. The molecule has 5 nitrogen and oxygen atoms in total. The van der Waals surface area contributed by atoms with Crippen LogP contribution in [-0.4, -0.2) is 27.5 Å². The number of rotatable bonds is 6. The first-order valence-corrected chi connectivity index (χ1v) is 7.25. The highest BCUT2D eigenvalue weighted by Gasteiger charge is 2.12. The van der Waals surface area contributed by atoms with Crippen molar-refractivity contribution >= 4 is 11.9 Å². The van der Waals surface area contributed by atoms with Crippen molar-refractivity contribution in [2.45, 2.75) is 13.8 Å². The van der Waals surface area contributed by atoms with Gasteiger partial charge in [-0.05, 0) is 37.6 Å². The second-order valence-electron chi connectivity index (χ2n) is 5.15. The maximum Gasteiger partial charge on any atom is 0.203 e. The molecule has 0 aliphatic heterocycles. The molecule has 0 radical (unpaired) electrons. The van der Waals surface area contributed by atoms with Crippen molar-refractivity contribution < 1.29 is 14.2 Å². The van der Waals surface area contributed by atoms with E-state index in [9.17, 15) is 0 Å². The van der Waals surface area contributed by atoms with Crippen LogP contribution < -0.4 is 19.6 Å². The average molecular weight is 314 g/mol. The number of ether oxygens (including phenoxy) is 3. The number of hydrazone groups is 1. The van der Waals surface area contributed by atoms with Crippen LogP contribution in [0.4, 0.5) is 5.69 Å². The van der Waals surface area contributed by atoms with Gasteiger partial charge < -0.3 is 14.2 Å². The van der Waals surface area contributed by atoms with E-state index < -0.39 is 0 Å². The van der Waals surface area contributed by atoms with Crippen molar-refractivity contribution in [1.82, 2.24) is 0 Å². The number of hydrogen-bond donors (Lipinski definition) is 1. The highest BCUT2D eigenvalue weighted by molar-refractivity contribution is 5.83. The van der Waals surface area contributed by atoms with Crippen LogP contribution in [0.15, 0.2) is 35.4 Å². The standard InChI is InChI=1S/C18H22N2O3/c1-12-6-7-15(13(2)8-12)20-19-11-14-9-16(21-3)18(23-5)17(10-14)22-4/h6-11,20H,1-5H3/b19-11-. The van der Waals surface area contributed by atoms with Crippen LogP contribution in [0.3, 0.4) is 0 Å². The molecule has 0 aliphatic carbocycles. The Bertz CT molecular complexity index is 686. The van der Waals surface area contributed by atoms with E-state index in [2.05, 4.69) is 23.5 Å². The maximum absolute atomic E-state index is 5.33. The molecular formula is C18H22N2O3. The van der Waals surface area contributed by atoms with E-state index in [1.165, 1.54) is 5.56 Å². The average Bonchev–Trinajstić information content (AvgIpc) is 2.55. The van der Waals surface area contributed by atoms with Crippen molar-refractivity contribution in [3.05, 3.63) is 47.0 Å². The smallest absolute Gasteiger partial charge is 0.203 e.